The van der Waals surface area contributed by atoms with Gasteiger partial charge in [-0.3, -0.25) is 0 Å². The first kappa shape index (κ1) is 6.89. The van der Waals surface area contributed by atoms with Gasteiger partial charge < -0.3 is 9.47 Å². The zero-order chi connectivity index (χ0) is 7.03. The van der Waals surface area contributed by atoms with Crippen molar-refractivity contribution in [2.75, 3.05) is 13.2 Å². The van der Waals surface area contributed by atoms with Crippen LogP contribution in [0.5, 0.6) is 0 Å². The van der Waals surface area contributed by atoms with E-state index < -0.39 is 0 Å². The molecule has 1 aliphatic carbocycles. The van der Waals surface area contributed by atoms with E-state index in [0.29, 0.717) is 13.2 Å². The topological polar surface area (TPSA) is 18.5 Å². The van der Waals surface area contributed by atoms with E-state index in [1.165, 1.54) is 0 Å². The summed E-state index contributed by atoms with van der Waals surface area (Å²) in [5.74, 6) is -0.387. The molecule has 0 unspecified atom stereocenters. The van der Waals surface area contributed by atoms with E-state index in [-0.39, 0.29) is 11.2 Å². The molecule has 0 aromatic carbocycles. The Bertz CT molecular complexity index is 126. The maximum absolute atomic E-state index is 6.03. The highest BCUT2D eigenvalue weighted by Gasteiger charge is 2.46. The molecule has 1 atom stereocenters. The highest BCUT2D eigenvalue weighted by molar-refractivity contribution is 6.21. The van der Waals surface area contributed by atoms with Crippen molar-refractivity contribution in [2.45, 2.75) is 30.4 Å². The van der Waals surface area contributed by atoms with Crippen molar-refractivity contribution in [2.24, 2.45) is 0 Å². The Morgan fingerprint density at radius 2 is 2.00 bits per heavy atom. The maximum atomic E-state index is 6.03. The molecule has 10 heavy (non-hydrogen) atoms. The summed E-state index contributed by atoms with van der Waals surface area (Å²) in [5, 5.41) is 0.0787. The van der Waals surface area contributed by atoms with Crippen LogP contribution in [0.25, 0.3) is 0 Å². The maximum Gasteiger partial charge on any atom is 0.184 e. The van der Waals surface area contributed by atoms with Gasteiger partial charge in [-0.15, -0.1) is 11.6 Å². The van der Waals surface area contributed by atoms with E-state index in [9.17, 15) is 0 Å². The van der Waals surface area contributed by atoms with E-state index in [1.807, 2.05) is 0 Å². The van der Waals surface area contributed by atoms with Gasteiger partial charge in [0.05, 0.1) is 18.6 Å². The van der Waals surface area contributed by atoms with E-state index in [2.05, 4.69) is 0 Å². The molecule has 0 bridgehead atoms. The molecule has 0 radical (unpaired) electrons. The monoisotopic (exact) mass is 162 g/mol. The van der Waals surface area contributed by atoms with Crippen molar-refractivity contribution in [1.82, 2.24) is 0 Å². The van der Waals surface area contributed by atoms with Crippen molar-refractivity contribution in [3.8, 4) is 0 Å². The van der Waals surface area contributed by atoms with Gasteiger partial charge in [0, 0.05) is 6.42 Å². The van der Waals surface area contributed by atoms with Crippen molar-refractivity contribution in [1.29, 1.82) is 0 Å². The lowest BCUT2D eigenvalue weighted by Gasteiger charge is -2.24. The molecule has 0 N–H and O–H groups in total. The smallest absolute Gasteiger partial charge is 0.184 e. The van der Waals surface area contributed by atoms with Crippen LogP contribution in [0.3, 0.4) is 0 Å². The largest absolute Gasteiger partial charge is 0.346 e. The van der Waals surface area contributed by atoms with E-state index in [1.54, 1.807) is 0 Å². The summed E-state index contributed by atoms with van der Waals surface area (Å²) in [7, 11) is 0. The third kappa shape index (κ3) is 0.865. The molecule has 1 heterocycles. The summed E-state index contributed by atoms with van der Waals surface area (Å²) >= 11 is 6.03. The average molecular weight is 163 g/mol. The van der Waals surface area contributed by atoms with Crippen LogP contribution in [-0.2, 0) is 9.47 Å². The van der Waals surface area contributed by atoms with Crippen LogP contribution in [0.4, 0.5) is 0 Å². The van der Waals surface area contributed by atoms with Crippen LogP contribution in [0, 0.1) is 0 Å². The molecule has 58 valence electrons. The first-order valence-electron chi connectivity index (χ1n) is 3.75. The fourth-order valence-electron chi connectivity index (χ4n) is 1.70. The Hall–Kier alpha value is 0.210. The number of halogens is 1. The van der Waals surface area contributed by atoms with Gasteiger partial charge in [-0.05, 0) is 12.8 Å². The number of hydrogen-bond donors (Lipinski definition) is 0. The van der Waals surface area contributed by atoms with Gasteiger partial charge in [0.25, 0.3) is 0 Å². The fraction of sp³-hybridized carbons (Fsp3) is 1.00. The van der Waals surface area contributed by atoms with Gasteiger partial charge in [0.15, 0.2) is 5.79 Å². The first-order chi connectivity index (χ1) is 4.83. The van der Waals surface area contributed by atoms with Crippen molar-refractivity contribution >= 4 is 11.6 Å². The summed E-state index contributed by atoms with van der Waals surface area (Å²) in [6, 6.07) is 0. The predicted octanol–water partition coefficient (Wildman–Crippen LogP) is 1.52. The second kappa shape index (κ2) is 2.36. The molecule has 2 nitrogen and oxygen atoms in total. The Morgan fingerprint density at radius 3 is 2.50 bits per heavy atom. The summed E-state index contributed by atoms with van der Waals surface area (Å²) in [6.07, 6.45) is 3.14. The molecule has 2 rings (SSSR count). The second-order valence-corrected chi connectivity index (χ2v) is 3.40. The Morgan fingerprint density at radius 1 is 1.30 bits per heavy atom. The zero-order valence-electron chi connectivity index (χ0n) is 5.81. The van der Waals surface area contributed by atoms with Crippen LogP contribution >= 0.6 is 11.6 Å². The van der Waals surface area contributed by atoms with Gasteiger partial charge in [-0.2, -0.15) is 0 Å². The van der Waals surface area contributed by atoms with Gasteiger partial charge in [0.1, 0.15) is 0 Å². The van der Waals surface area contributed by atoms with Crippen molar-refractivity contribution < 1.29 is 9.47 Å². The summed E-state index contributed by atoms with van der Waals surface area (Å²) in [4.78, 5) is 0. The minimum atomic E-state index is -0.387. The van der Waals surface area contributed by atoms with Crippen LogP contribution in [0.15, 0.2) is 0 Å². The molecular weight excluding hydrogens is 152 g/mol. The SMILES string of the molecule is Cl[C@@H]1CCCC12OCCO2. The highest BCUT2D eigenvalue weighted by atomic mass is 35.5. The zero-order valence-corrected chi connectivity index (χ0v) is 6.56. The Balaban J connectivity index is 2.11. The fourth-order valence-corrected chi connectivity index (χ4v) is 2.09. The quantitative estimate of drug-likeness (QED) is 0.503. The number of alkyl halides is 1. The van der Waals surface area contributed by atoms with Gasteiger partial charge in [0.2, 0.25) is 0 Å². The van der Waals surface area contributed by atoms with Crippen LogP contribution < -0.4 is 0 Å². The van der Waals surface area contributed by atoms with Crippen LogP contribution in [-0.4, -0.2) is 24.4 Å². The van der Waals surface area contributed by atoms with E-state index in [0.717, 1.165) is 19.3 Å². The third-order valence-corrected chi connectivity index (χ3v) is 2.79. The van der Waals surface area contributed by atoms with Gasteiger partial charge in [-0.25, -0.2) is 0 Å². The van der Waals surface area contributed by atoms with Crippen LogP contribution in [0.2, 0.25) is 0 Å². The Kier molecular flexibility index (Phi) is 1.63. The molecular formula is C7H11ClO2. The molecule has 0 amide bonds. The van der Waals surface area contributed by atoms with E-state index >= 15 is 0 Å². The van der Waals surface area contributed by atoms with Gasteiger partial charge >= 0.3 is 0 Å². The third-order valence-electron chi connectivity index (χ3n) is 2.24. The average Bonchev–Trinajstić information content (AvgIpc) is 2.48. The lowest BCUT2D eigenvalue weighted by Crippen LogP contribution is -2.34. The van der Waals surface area contributed by atoms with Gasteiger partial charge in [-0.1, -0.05) is 0 Å². The molecule has 2 fully saturated rings. The molecule has 1 aliphatic heterocycles. The summed E-state index contributed by atoms with van der Waals surface area (Å²) in [6.45, 7) is 1.42. The lowest BCUT2D eigenvalue weighted by atomic mass is 10.2. The lowest BCUT2D eigenvalue weighted by molar-refractivity contribution is -0.147. The minimum absolute atomic E-state index is 0.0787. The summed E-state index contributed by atoms with van der Waals surface area (Å²) in [5.41, 5.74) is 0. The van der Waals surface area contributed by atoms with Crippen molar-refractivity contribution in [3.05, 3.63) is 0 Å². The van der Waals surface area contributed by atoms with E-state index in [4.69, 9.17) is 21.1 Å². The molecule has 1 saturated carbocycles. The molecule has 3 heteroatoms. The standard InChI is InChI=1S/C7H11ClO2/c8-6-2-1-3-7(6)9-4-5-10-7/h6H,1-5H2/t6-/m1/s1. The molecule has 2 aliphatic rings. The number of ether oxygens (including phenoxy) is 2. The summed E-state index contributed by atoms with van der Waals surface area (Å²) < 4.78 is 10.9. The Labute approximate surface area is 65.4 Å². The predicted molar refractivity (Wildman–Crippen MR) is 38.1 cm³/mol. The first-order valence-corrected chi connectivity index (χ1v) is 4.19. The molecule has 1 spiro atoms. The normalized spacial score (nSPS) is 37.5. The van der Waals surface area contributed by atoms with Crippen molar-refractivity contribution in [3.63, 3.8) is 0 Å². The minimum Gasteiger partial charge on any atom is -0.346 e. The molecule has 0 aromatic heterocycles. The number of rotatable bonds is 0. The molecule has 1 saturated heterocycles. The number of hydrogen-bond acceptors (Lipinski definition) is 2. The van der Waals surface area contributed by atoms with Crippen LogP contribution in [0.1, 0.15) is 19.3 Å². The molecule has 0 aromatic rings. The highest BCUT2D eigenvalue weighted by Crippen LogP contribution is 2.40. The second-order valence-electron chi connectivity index (χ2n) is 2.87.